The summed E-state index contributed by atoms with van der Waals surface area (Å²) >= 11 is 0. The van der Waals surface area contributed by atoms with Crippen molar-refractivity contribution in [3.05, 3.63) is 30.1 Å². The van der Waals surface area contributed by atoms with E-state index in [0.29, 0.717) is 19.0 Å². The lowest BCUT2D eigenvalue weighted by atomic mass is 10.00. The van der Waals surface area contributed by atoms with Crippen LogP contribution in [0.2, 0.25) is 0 Å². The quantitative estimate of drug-likeness (QED) is 0.878. The van der Waals surface area contributed by atoms with E-state index in [9.17, 15) is 4.79 Å². The lowest BCUT2D eigenvalue weighted by molar-refractivity contribution is -0.122. The summed E-state index contributed by atoms with van der Waals surface area (Å²) in [5.74, 6) is 0.137. The number of amides is 1. The van der Waals surface area contributed by atoms with E-state index in [1.165, 1.54) is 12.8 Å². The lowest BCUT2D eigenvalue weighted by Gasteiger charge is -2.31. The van der Waals surface area contributed by atoms with Gasteiger partial charge in [0.25, 0.3) is 0 Å². The van der Waals surface area contributed by atoms with Crippen molar-refractivity contribution in [1.29, 1.82) is 0 Å². The van der Waals surface area contributed by atoms with Crippen LogP contribution in [0.1, 0.15) is 31.2 Å². The second-order valence-electron chi connectivity index (χ2n) is 4.97. The first-order valence-corrected chi connectivity index (χ1v) is 6.61. The normalized spacial score (nSPS) is 20.6. The van der Waals surface area contributed by atoms with E-state index in [4.69, 9.17) is 0 Å². The molecule has 98 valence electrons. The molecule has 4 nitrogen and oxygen atoms in total. The highest BCUT2D eigenvalue weighted by atomic mass is 16.1. The summed E-state index contributed by atoms with van der Waals surface area (Å²) in [6, 6.07) is 4.27. The molecule has 0 saturated carbocycles. The topological polar surface area (TPSA) is 45.2 Å². The zero-order chi connectivity index (χ0) is 12.8. The Balaban J connectivity index is 1.75. The number of hydrogen-bond donors (Lipinski definition) is 1. The molecule has 0 radical (unpaired) electrons. The van der Waals surface area contributed by atoms with Crippen molar-refractivity contribution < 1.29 is 4.79 Å². The number of carbonyl (C=O) groups excluding carboxylic acids is 1. The molecule has 1 aromatic heterocycles. The van der Waals surface area contributed by atoms with Gasteiger partial charge in [0.1, 0.15) is 0 Å². The molecule has 1 N–H and O–H groups in total. The standard InChI is InChI=1S/C14H21N3O/c1-17-8-3-2-6-13(17)9-14(18)16-11-12-5-4-7-15-10-12/h4-5,7,10,13H,2-3,6,8-9,11H2,1H3,(H,16,18). The number of carbonyl (C=O) groups is 1. The van der Waals surface area contributed by atoms with Gasteiger partial charge < -0.3 is 10.2 Å². The van der Waals surface area contributed by atoms with Gasteiger partial charge in [-0.3, -0.25) is 9.78 Å². The molecule has 1 amide bonds. The molecule has 0 spiro atoms. The number of aromatic nitrogens is 1. The molecule has 1 unspecified atom stereocenters. The van der Waals surface area contributed by atoms with Crippen LogP contribution in [-0.4, -0.2) is 35.4 Å². The Bertz CT molecular complexity index is 380. The van der Waals surface area contributed by atoms with Crippen molar-refractivity contribution in [2.24, 2.45) is 0 Å². The monoisotopic (exact) mass is 247 g/mol. The van der Waals surface area contributed by atoms with E-state index in [2.05, 4.69) is 22.2 Å². The maximum Gasteiger partial charge on any atom is 0.221 e. The van der Waals surface area contributed by atoms with Crippen LogP contribution in [0.5, 0.6) is 0 Å². The van der Waals surface area contributed by atoms with Crippen molar-refractivity contribution >= 4 is 5.91 Å². The maximum absolute atomic E-state index is 11.9. The number of nitrogens with one attached hydrogen (secondary N) is 1. The summed E-state index contributed by atoms with van der Waals surface area (Å²) in [4.78, 5) is 18.2. The van der Waals surface area contributed by atoms with Gasteiger partial charge in [-0.25, -0.2) is 0 Å². The van der Waals surface area contributed by atoms with Gasteiger partial charge in [-0.15, -0.1) is 0 Å². The molecule has 1 atom stereocenters. The third-order valence-corrected chi connectivity index (χ3v) is 3.56. The van der Waals surface area contributed by atoms with Gasteiger partial charge in [-0.1, -0.05) is 12.5 Å². The minimum atomic E-state index is 0.137. The van der Waals surface area contributed by atoms with E-state index >= 15 is 0 Å². The maximum atomic E-state index is 11.9. The first-order valence-electron chi connectivity index (χ1n) is 6.61. The molecular weight excluding hydrogens is 226 g/mol. The van der Waals surface area contributed by atoms with Gasteiger partial charge in [-0.05, 0) is 38.1 Å². The summed E-state index contributed by atoms with van der Waals surface area (Å²) in [7, 11) is 2.11. The predicted octanol–water partition coefficient (Wildman–Crippen LogP) is 1.57. The Morgan fingerprint density at radius 3 is 3.17 bits per heavy atom. The molecule has 2 rings (SSSR count). The molecule has 2 heterocycles. The van der Waals surface area contributed by atoms with Gasteiger partial charge in [0.2, 0.25) is 5.91 Å². The molecule has 1 fully saturated rings. The van der Waals surface area contributed by atoms with Crippen LogP contribution in [-0.2, 0) is 11.3 Å². The SMILES string of the molecule is CN1CCCCC1CC(=O)NCc1cccnc1. The molecule has 0 bridgehead atoms. The third-order valence-electron chi connectivity index (χ3n) is 3.56. The molecule has 0 aromatic carbocycles. The van der Waals surface area contributed by atoms with Gasteiger partial charge >= 0.3 is 0 Å². The number of piperidine rings is 1. The Kier molecular flexibility index (Phi) is 4.70. The summed E-state index contributed by atoms with van der Waals surface area (Å²) < 4.78 is 0. The average Bonchev–Trinajstić information content (AvgIpc) is 2.40. The Labute approximate surface area is 108 Å². The Hall–Kier alpha value is -1.42. The van der Waals surface area contributed by atoms with E-state index < -0.39 is 0 Å². The largest absolute Gasteiger partial charge is 0.352 e. The van der Waals surface area contributed by atoms with Crippen molar-refractivity contribution in [2.45, 2.75) is 38.3 Å². The van der Waals surface area contributed by atoms with Crippen LogP contribution in [0.15, 0.2) is 24.5 Å². The lowest BCUT2D eigenvalue weighted by Crippen LogP contribution is -2.40. The molecule has 1 aliphatic heterocycles. The zero-order valence-electron chi connectivity index (χ0n) is 10.9. The van der Waals surface area contributed by atoms with Gasteiger partial charge in [0, 0.05) is 31.4 Å². The van der Waals surface area contributed by atoms with Crippen molar-refractivity contribution in [1.82, 2.24) is 15.2 Å². The van der Waals surface area contributed by atoms with E-state index in [1.807, 2.05) is 12.1 Å². The minimum absolute atomic E-state index is 0.137. The van der Waals surface area contributed by atoms with E-state index in [0.717, 1.165) is 18.5 Å². The van der Waals surface area contributed by atoms with Crippen LogP contribution in [0.25, 0.3) is 0 Å². The fourth-order valence-electron chi connectivity index (χ4n) is 2.39. The minimum Gasteiger partial charge on any atom is -0.352 e. The number of hydrogen-bond acceptors (Lipinski definition) is 3. The highest BCUT2D eigenvalue weighted by molar-refractivity contribution is 5.76. The molecule has 1 saturated heterocycles. The van der Waals surface area contributed by atoms with Crippen molar-refractivity contribution in [2.75, 3.05) is 13.6 Å². The average molecular weight is 247 g/mol. The molecule has 18 heavy (non-hydrogen) atoms. The highest BCUT2D eigenvalue weighted by Gasteiger charge is 2.21. The molecule has 1 aromatic rings. The third kappa shape index (κ3) is 3.81. The summed E-state index contributed by atoms with van der Waals surface area (Å²) in [6.07, 6.45) is 7.76. The number of likely N-dealkylation sites (tertiary alicyclic amines) is 1. The second kappa shape index (κ2) is 6.50. The van der Waals surface area contributed by atoms with Crippen LogP contribution >= 0.6 is 0 Å². The fourth-order valence-corrected chi connectivity index (χ4v) is 2.39. The summed E-state index contributed by atoms with van der Waals surface area (Å²) in [5, 5.41) is 2.96. The number of pyridine rings is 1. The summed E-state index contributed by atoms with van der Waals surface area (Å²) in [5.41, 5.74) is 1.04. The molecule has 0 aliphatic carbocycles. The van der Waals surface area contributed by atoms with E-state index in [1.54, 1.807) is 12.4 Å². The first kappa shape index (κ1) is 13.0. The number of rotatable bonds is 4. The molecule has 4 heteroatoms. The fraction of sp³-hybridized carbons (Fsp3) is 0.571. The highest BCUT2D eigenvalue weighted by Crippen LogP contribution is 2.17. The van der Waals surface area contributed by atoms with Gasteiger partial charge in [-0.2, -0.15) is 0 Å². The van der Waals surface area contributed by atoms with Crippen LogP contribution < -0.4 is 5.32 Å². The number of nitrogens with zero attached hydrogens (tertiary/aromatic N) is 2. The first-order chi connectivity index (χ1) is 8.75. The Morgan fingerprint density at radius 1 is 1.56 bits per heavy atom. The van der Waals surface area contributed by atoms with Crippen molar-refractivity contribution in [3.63, 3.8) is 0 Å². The smallest absolute Gasteiger partial charge is 0.221 e. The van der Waals surface area contributed by atoms with Crippen LogP contribution in [0.4, 0.5) is 0 Å². The second-order valence-corrected chi connectivity index (χ2v) is 4.97. The van der Waals surface area contributed by atoms with Gasteiger partial charge in [0.15, 0.2) is 0 Å². The zero-order valence-corrected chi connectivity index (χ0v) is 10.9. The Morgan fingerprint density at radius 2 is 2.44 bits per heavy atom. The van der Waals surface area contributed by atoms with E-state index in [-0.39, 0.29) is 5.91 Å². The summed E-state index contributed by atoms with van der Waals surface area (Å²) in [6.45, 7) is 1.68. The van der Waals surface area contributed by atoms with Crippen LogP contribution in [0.3, 0.4) is 0 Å². The van der Waals surface area contributed by atoms with Crippen molar-refractivity contribution in [3.8, 4) is 0 Å². The molecule has 1 aliphatic rings. The molecular formula is C14H21N3O. The predicted molar refractivity (Wildman–Crippen MR) is 71.0 cm³/mol. The van der Waals surface area contributed by atoms with Crippen LogP contribution in [0, 0.1) is 0 Å². The van der Waals surface area contributed by atoms with Gasteiger partial charge in [0.05, 0.1) is 0 Å².